The van der Waals surface area contributed by atoms with Gasteiger partial charge in [0.1, 0.15) is 18.6 Å². The molecule has 0 bridgehead atoms. The van der Waals surface area contributed by atoms with Gasteiger partial charge < -0.3 is 37.6 Å². The molecule has 0 aromatic heterocycles. The van der Waals surface area contributed by atoms with Crippen LogP contribution in [0.15, 0.2) is 24.3 Å². The molecule has 1 aromatic carbocycles. The molecule has 0 aliphatic carbocycles. The lowest BCUT2D eigenvalue weighted by molar-refractivity contribution is -0.0189. The summed E-state index contributed by atoms with van der Waals surface area (Å²) in [7, 11) is -1.69. The summed E-state index contributed by atoms with van der Waals surface area (Å²) in [5, 5.41) is 0.219. The molecule has 0 N–H and O–H groups in total. The van der Waals surface area contributed by atoms with Crippen molar-refractivity contribution in [3.05, 3.63) is 29.8 Å². The number of benzene rings is 1. The van der Waals surface area contributed by atoms with Crippen LogP contribution in [0.1, 0.15) is 31.1 Å². The van der Waals surface area contributed by atoms with Crippen molar-refractivity contribution in [2.45, 2.75) is 38.9 Å². The van der Waals surface area contributed by atoms with Crippen molar-refractivity contribution in [2.24, 2.45) is 0 Å². The smallest absolute Gasteiger partial charge is 0.192 e. The van der Waals surface area contributed by atoms with Crippen LogP contribution in [-0.4, -0.2) is 107 Å². The Morgan fingerprint density at radius 1 is 0.595 bits per heavy atom. The van der Waals surface area contributed by atoms with Gasteiger partial charge in [0.15, 0.2) is 8.32 Å². The van der Waals surface area contributed by atoms with Gasteiger partial charge >= 0.3 is 0 Å². The minimum absolute atomic E-state index is 0.219. The fourth-order valence-corrected chi connectivity index (χ4v) is 3.66. The predicted molar refractivity (Wildman–Crippen MR) is 145 cm³/mol. The van der Waals surface area contributed by atoms with Crippen LogP contribution in [0.3, 0.4) is 0 Å². The highest BCUT2D eigenvalue weighted by atomic mass is 28.4. The van der Waals surface area contributed by atoms with Gasteiger partial charge in [-0.3, -0.25) is 4.79 Å². The van der Waals surface area contributed by atoms with E-state index in [1.807, 2.05) is 0 Å². The molecule has 0 unspecified atom stereocenters. The highest BCUT2D eigenvalue weighted by Crippen LogP contribution is 2.36. The van der Waals surface area contributed by atoms with Gasteiger partial charge in [0.2, 0.25) is 0 Å². The first-order valence-electron chi connectivity index (χ1n) is 13.0. The second-order valence-electron chi connectivity index (χ2n) is 9.82. The molecular weight excluding hydrogens is 496 g/mol. The minimum Gasteiger partial charge on any atom is -0.491 e. The molecule has 0 aliphatic rings. The van der Waals surface area contributed by atoms with Gasteiger partial charge in [0, 0.05) is 5.56 Å². The number of aldehydes is 1. The Labute approximate surface area is 224 Å². The van der Waals surface area contributed by atoms with Gasteiger partial charge in [-0.25, -0.2) is 0 Å². The Balaban J connectivity index is 1.74. The second-order valence-corrected chi connectivity index (χ2v) is 14.6. The molecule has 1 aromatic rings. The highest BCUT2D eigenvalue weighted by Gasteiger charge is 2.36. The summed E-state index contributed by atoms with van der Waals surface area (Å²) in [6.07, 6.45) is 0.802. The molecule has 0 spiro atoms. The number of carbonyl (C=O) groups excluding carboxylic acids is 1. The standard InChI is InChI=1S/C27H48O9Si/c1-27(2,3)37(4,5)36-23-21-34-19-17-32-15-13-30-11-10-29-12-14-31-16-18-33-20-22-35-26-8-6-25(24-28)7-9-26/h6-9,24H,10-23H2,1-5H3. The molecule has 0 radical (unpaired) electrons. The lowest BCUT2D eigenvalue weighted by Gasteiger charge is -2.36. The number of carbonyl (C=O) groups is 1. The third-order valence-corrected chi connectivity index (χ3v) is 10.4. The Morgan fingerprint density at radius 3 is 1.30 bits per heavy atom. The van der Waals surface area contributed by atoms with Crippen molar-refractivity contribution in [3.8, 4) is 5.75 Å². The van der Waals surface area contributed by atoms with Crippen LogP contribution in [0.5, 0.6) is 5.75 Å². The first-order valence-corrected chi connectivity index (χ1v) is 16.0. The van der Waals surface area contributed by atoms with Gasteiger partial charge in [0.05, 0.1) is 85.9 Å². The van der Waals surface area contributed by atoms with E-state index >= 15 is 0 Å². The number of hydrogen-bond acceptors (Lipinski definition) is 9. The van der Waals surface area contributed by atoms with Crippen LogP contribution in [0, 0.1) is 0 Å². The fourth-order valence-electron chi connectivity index (χ4n) is 2.63. The average Bonchev–Trinajstić information content (AvgIpc) is 2.86. The molecule has 0 saturated carbocycles. The predicted octanol–water partition coefficient (Wildman–Crippen LogP) is 4.00. The minimum atomic E-state index is -1.69. The van der Waals surface area contributed by atoms with Crippen molar-refractivity contribution in [1.82, 2.24) is 0 Å². The molecule has 0 fully saturated rings. The second kappa shape index (κ2) is 20.6. The maximum Gasteiger partial charge on any atom is 0.192 e. The van der Waals surface area contributed by atoms with E-state index in [2.05, 4.69) is 33.9 Å². The van der Waals surface area contributed by atoms with E-state index in [9.17, 15) is 4.79 Å². The van der Waals surface area contributed by atoms with E-state index in [1.54, 1.807) is 24.3 Å². The molecule has 0 amide bonds. The molecule has 0 heterocycles. The molecule has 0 aliphatic heterocycles. The lowest BCUT2D eigenvalue weighted by Crippen LogP contribution is -2.41. The van der Waals surface area contributed by atoms with Crippen molar-refractivity contribution in [3.63, 3.8) is 0 Å². The zero-order chi connectivity index (χ0) is 27.2. The largest absolute Gasteiger partial charge is 0.491 e. The maximum atomic E-state index is 10.6. The Kier molecular flexibility index (Phi) is 18.7. The molecule has 0 atom stereocenters. The number of ether oxygens (including phenoxy) is 7. The number of rotatable bonds is 24. The van der Waals surface area contributed by atoms with Crippen LogP contribution < -0.4 is 4.74 Å². The SMILES string of the molecule is CC(C)(C)[Si](C)(C)OCCOCCOCCOCCOCCOCCOCCOc1ccc(C=O)cc1. The van der Waals surface area contributed by atoms with Crippen LogP contribution in [-0.2, 0) is 32.8 Å². The van der Waals surface area contributed by atoms with Crippen molar-refractivity contribution in [1.29, 1.82) is 0 Å². The molecule has 1 rings (SSSR count). The van der Waals surface area contributed by atoms with Crippen molar-refractivity contribution < 1.29 is 42.4 Å². The Bertz CT molecular complexity index is 677. The van der Waals surface area contributed by atoms with Crippen molar-refractivity contribution >= 4 is 14.6 Å². The quantitative estimate of drug-likeness (QED) is 0.109. The van der Waals surface area contributed by atoms with E-state index in [4.69, 9.17) is 37.6 Å². The lowest BCUT2D eigenvalue weighted by atomic mass is 10.2. The molecular formula is C27H48O9Si. The molecule has 214 valence electrons. The van der Waals surface area contributed by atoms with Crippen molar-refractivity contribution in [2.75, 3.05) is 92.5 Å². The highest BCUT2D eigenvalue weighted by molar-refractivity contribution is 6.74. The third kappa shape index (κ3) is 17.7. The van der Waals surface area contributed by atoms with E-state index in [1.165, 1.54) is 0 Å². The van der Waals surface area contributed by atoms with E-state index in [0.29, 0.717) is 104 Å². The molecule has 10 heteroatoms. The normalized spacial score (nSPS) is 12.1. The zero-order valence-electron chi connectivity index (χ0n) is 23.5. The summed E-state index contributed by atoms with van der Waals surface area (Å²) in [4.78, 5) is 10.6. The maximum absolute atomic E-state index is 10.6. The van der Waals surface area contributed by atoms with Crippen LogP contribution >= 0.6 is 0 Å². The molecule has 9 nitrogen and oxygen atoms in total. The van der Waals surface area contributed by atoms with Crippen LogP contribution in [0.25, 0.3) is 0 Å². The summed E-state index contributed by atoms with van der Waals surface area (Å²) in [5.74, 6) is 0.711. The van der Waals surface area contributed by atoms with E-state index in [-0.39, 0.29) is 5.04 Å². The monoisotopic (exact) mass is 544 g/mol. The summed E-state index contributed by atoms with van der Waals surface area (Å²) in [5.41, 5.74) is 0.624. The van der Waals surface area contributed by atoms with Crippen LogP contribution in [0.2, 0.25) is 18.1 Å². The summed E-state index contributed by atoms with van der Waals surface area (Å²) >= 11 is 0. The van der Waals surface area contributed by atoms with E-state index in [0.717, 1.165) is 6.29 Å². The number of hydrogen-bond donors (Lipinski definition) is 0. The zero-order valence-corrected chi connectivity index (χ0v) is 24.5. The van der Waals surface area contributed by atoms with Gasteiger partial charge in [-0.2, -0.15) is 0 Å². The van der Waals surface area contributed by atoms with Crippen LogP contribution in [0.4, 0.5) is 0 Å². The molecule has 0 saturated heterocycles. The average molecular weight is 545 g/mol. The first kappa shape index (κ1) is 33.7. The summed E-state index contributed by atoms with van der Waals surface area (Å²) in [6, 6.07) is 6.95. The Hall–Kier alpha value is -1.37. The third-order valence-electron chi connectivity index (χ3n) is 5.87. The molecule has 37 heavy (non-hydrogen) atoms. The van der Waals surface area contributed by atoms with Gasteiger partial charge in [0.25, 0.3) is 0 Å². The fraction of sp³-hybridized carbons (Fsp3) is 0.741. The van der Waals surface area contributed by atoms with Gasteiger partial charge in [-0.05, 0) is 42.4 Å². The summed E-state index contributed by atoms with van der Waals surface area (Å²) in [6.45, 7) is 18.5. The summed E-state index contributed by atoms with van der Waals surface area (Å²) < 4.78 is 44.5. The Morgan fingerprint density at radius 2 is 0.946 bits per heavy atom. The van der Waals surface area contributed by atoms with Gasteiger partial charge in [-0.1, -0.05) is 20.8 Å². The van der Waals surface area contributed by atoms with E-state index < -0.39 is 8.32 Å². The first-order chi connectivity index (χ1) is 17.8. The van der Waals surface area contributed by atoms with Gasteiger partial charge in [-0.15, -0.1) is 0 Å². The topological polar surface area (TPSA) is 90.9 Å².